The van der Waals surface area contributed by atoms with Gasteiger partial charge in [0.2, 0.25) is 5.91 Å². The average molecular weight is 228 g/mol. The number of carbonyl (C=O) groups excluding carboxylic acids is 1. The maximum absolute atomic E-state index is 11.5. The largest absolute Gasteiger partial charge is 0.379 e. The zero-order valence-corrected chi connectivity index (χ0v) is 10.4. The van der Waals surface area contributed by atoms with Crippen molar-refractivity contribution in [3.05, 3.63) is 12.7 Å². The lowest BCUT2D eigenvalue weighted by Crippen LogP contribution is -2.42. The van der Waals surface area contributed by atoms with Gasteiger partial charge < -0.3 is 15.8 Å². The van der Waals surface area contributed by atoms with Crippen molar-refractivity contribution in [3.63, 3.8) is 0 Å². The van der Waals surface area contributed by atoms with Gasteiger partial charge in [-0.15, -0.1) is 6.58 Å². The summed E-state index contributed by atoms with van der Waals surface area (Å²) in [4.78, 5) is 11.5. The zero-order valence-electron chi connectivity index (χ0n) is 10.4. The second kappa shape index (κ2) is 9.36. The molecular formula is C12H24N2O2. The van der Waals surface area contributed by atoms with Gasteiger partial charge in [-0.3, -0.25) is 4.79 Å². The lowest BCUT2D eigenvalue weighted by Gasteiger charge is -2.14. The van der Waals surface area contributed by atoms with E-state index in [2.05, 4.69) is 11.9 Å². The molecule has 1 atom stereocenters. The lowest BCUT2D eigenvalue weighted by molar-refractivity contribution is -0.122. The number of carbonyl (C=O) groups is 1. The molecule has 3 N–H and O–H groups in total. The van der Waals surface area contributed by atoms with Gasteiger partial charge in [0.15, 0.2) is 0 Å². The van der Waals surface area contributed by atoms with Crippen molar-refractivity contribution >= 4 is 5.91 Å². The summed E-state index contributed by atoms with van der Waals surface area (Å²) in [6.07, 6.45) is 3.35. The lowest BCUT2D eigenvalue weighted by atomic mass is 10.0. The summed E-state index contributed by atoms with van der Waals surface area (Å²) >= 11 is 0. The molecule has 0 aliphatic rings. The van der Waals surface area contributed by atoms with Crippen molar-refractivity contribution in [3.8, 4) is 0 Å². The fourth-order valence-corrected chi connectivity index (χ4v) is 1.26. The highest BCUT2D eigenvalue weighted by Gasteiger charge is 2.13. The number of rotatable bonds is 9. The molecule has 0 fully saturated rings. The molecule has 0 aromatic heterocycles. The van der Waals surface area contributed by atoms with Crippen molar-refractivity contribution in [2.45, 2.75) is 32.7 Å². The topological polar surface area (TPSA) is 64.3 Å². The van der Waals surface area contributed by atoms with Gasteiger partial charge in [-0.25, -0.2) is 0 Å². The van der Waals surface area contributed by atoms with Crippen LogP contribution in [0.15, 0.2) is 12.7 Å². The fourth-order valence-electron chi connectivity index (χ4n) is 1.26. The van der Waals surface area contributed by atoms with Gasteiger partial charge in [-0.2, -0.15) is 0 Å². The summed E-state index contributed by atoms with van der Waals surface area (Å²) in [6.45, 7) is 9.37. The predicted molar refractivity (Wildman–Crippen MR) is 66.1 cm³/mol. The van der Waals surface area contributed by atoms with Gasteiger partial charge in [0.05, 0.1) is 19.3 Å². The van der Waals surface area contributed by atoms with Gasteiger partial charge in [0.25, 0.3) is 0 Å². The summed E-state index contributed by atoms with van der Waals surface area (Å²) in [7, 11) is 0. The van der Waals surface area contributed by atoms with Gasteiger partial charge in [0.1, 0.15) is 0 Å². The third-order valence-corrected chi connectivity index (χ3v) is 2.07. The molecule has 0 saturated carbocycles. The summed E-state index contributed by atoms with van der Waals surface area (Å²) in [5.74, 6) is 0.339. The van der Waals surface area contributed by atoms with E-state index in [0.717, 1.165) is 6.42 Å². The van der Waals surface area contributed by atoms with Crippen LogP contribution in [0.2, 0.25) is 0 Å². The molecule has 0 aromatic rings. The first-order valence-corrected chi connectivity index (χ1v) is 5.79. The minimum Gasteiger partial charge on any atom is -0.379 e. The molecule has 4 nitrogen and oxygen atoms in total. The molecule has 0 aromatic carbocycles. The van der Waals surface area contributed by atoms with Crippen LogP contribution in [-0.4, -0.2) is 31.7 Å². The number of nitrogens with two attached hydrogens (primary N) is 1. The van der Waals surface area contributed by atoms with Crippen molar-refractivity contribution in [2.75, 3.05) is 19.8 Å². The predicted octanol–water partition coefficient (Wildman–Crippen LogP) is 1.07. The first-order valence-electron chi connectivity index (χ1n) is 5.79. The number of amides is 1. The Kier molecular flexibility index (Phi) is 8.85. The van der Waals surface area contributed by atoms with Crippen molar-refractivity contribution in [1.82, 2.24) is 5.32 Å². The molecular weight excluding hydrogens is 204 g/mol. The Morgan fingerprint density at radius 3 is 2.75 bits per heavy atom. The van der Waals surface area contributed by atoms with E-state index in [9.17, 15) is 4.79 Å². The SMILES string of the molecule is C=CCCOCCNC(=O)[C@H](N)CC(C)C. The monoisotopic (exact) mass is 228 g/mol. The third kappa shape index (κ3) is 8.44. The van der Waals surface area contributed by atoms with E-state index < -0.39 is 6.04 Å². The molecule has 94 valence electrons. The van der Waals surface area contributed by atoms with Crippen molar-refractivity contribution in [2.24, 2.45) is 11.7 Å². The fraction of sp³-hybridized carbons (Fsp3) is 0.750. The molecule has 0 saturated heterocycles. The Morgan fingerprint density at radius 2 is 2.19 bits per heavy atom. The molecule has 0 unspecified atom stereocenters. The molecule has 0 bridgehead atoms. The molecule has 0 spiro atoms. The summed E-state index contributed by atoms with van der Waals surface area (Å²) in [6, 6.07) is -0.409. The van der Waals surface area contributed by atoms with Gasteiger partial charge in [-0.1, -0.05) is 19.9 Å². The summed E-state index contributed by atoms with van der Waals surface area (Å²) < 4.78 is 5.26. The Balaban J connectivity index is 3.46. The van der Waals surface area contributed by atoms with Crippen molar-refractivity contribution < 1.29 is 9.53 Å². The second-order valence-electron chi connectivity index (χ2n) is 4.22. The van der Waals surface area contributed by atoms with Gasteiger partial charge in [-0.05, 0) is 18.8 Å². The van der Waals surface area contributed by atoms with Crippen LogP contribution in [0.25, 0.3) is 0 Å². The van der Waals surface area contributed by atoms with Crippen LogP contribution in [0.3, 0.4) is 0 Å². The Labute approximate surface area is 98.2 Å². The van der Waals surface area contributed by atoms with Crippen LogP contribution in [0, 0.1) is 5.92 Å². The Hall–Kier alpha value is -0.870. The van der Waals surface area contributed by atoms with E-state index in [-0.39, 0.29) is 5.91 Å². The normalized spacial score (nSPS) is 12.5. The molecule has 0 aliphatic carbocycles. The number of ether oxygens (including phenoxy) is 1. The summed E-state index contributed by atoms with van der Waals surface area (Å²) in [5.41, 5.74) is 5.71. The van der Waals surface area contributed by atoms with Crippen LogP contribution in [0.5, 0.6) is 0 Å². The maximum Gasteiger partial charge on any atom is 0.237 e. The third-order valence-electron chi connectivity index (χ3n) is 2.07. The van der Waals surface area contributed by atoms with E-state index in [1.807, 2.05) is 13.8 Å². The Morgan fingerprint density at radius 1 is 1.50 bits per heavy atom. The van der Waals surface area contributed by atoms with Crippen LogP contribution >= 0.6 is 0 Å². The average Bonchev–Trinajstić information content (AvgIpc) is 2.21. The minimum atomic E-state index is -0.409. The minimum absolute atomic E-state index is 0.0963. The molecule has 0 heterocycles. The molecule has 4 heteroatoms. The second-order valence-corrected chi connectivity index (χ2v) is 4.22. The smallest absolute Gasteiger partial charge is 0.237 e. The first kappa shape index (κ1) is 15.1. The van der Waals surface area contributed by atoms with Crippen LogP contribution < -0.4 is 11.1 Å². The zero-order chi connectivity index (χ0) is 12.4. The highest BCUT2D eigenvalue weighted by Crippen LogP contribution is 2.02. The molecule has 0 rings (SSSR count). The number of nitrogens with one attached hydrogen (secondary N) is 1. The molecule has 16 heavy (non-hydrogen) atoms. The van der Waals surface area contributed by atoms with Crippen molar-refractivity contribution in [1.29, 1.82) is 0 Å². The van der Waals surface area contributed by atoms with E-state index in [1.54, 1.807) is 6.08 Å². The van der Waals surface area contributed by atoms with Crippen LogP contribution in [0.1, 0.15) is 26.7 Å². The summed E-state index contributed by atoms with van der Waals surface area (Å²) in [5, 5.41) is 2.75. The van der Waals surface area contributed by atoms with E-state index in [4.69, 9.17) is 10.5 Å². The van der Waals surface area contributed by atoms with E-state index >= 15 is 0 Å². The maximum atomic E-state index is 11.5. The van der Waals surface area contributed by atoms with Crippen LogP contribution in [0.4, 0.5) is 0 Å². The standard InChI is InChI=1S/C12H24N2O2/c1-4-5-7-16-8-6-14-12(15)11(13)9-10(2)3/h4,10-11H,1,5-9,13H2,2-3H3,(H,14,15)/t11-/m1/s1. The Bertz CT molecular complexity index is 205. The van der Waals surface area contributed by atoms with Crippen LogP contribution in [-0.2, 0) is 9.53 Å². The van der Waals surface area contributed by atoms with E-state index in [0.29, 0.717) is 32.1 Å². The number of hydrogen-bond donors (Lipinski definition) is 2. The van der Waals surface area contributed by atoms with Gasteiger partial charge >= 0.3 is 0 Å². The number of hydrogen-bond acceptors (Lipinski definition) is 3. The van der Waals surface area contributed by atoms with Gasteiger partial charge in [0, 0.05) is 6.54 Å². The first-order chi connectivity index (χ1) is 7.57. The highest BCUT2D eigenvalue weighted by atomic mass is 16.5. The molecule has 0 aliphatic heterocycles. The highest BCUT2D eigenvalue weighted by molar-refractivity contribution is 5.81. The van der Waals surface area contributed by atoms with E-state index in [1.165, 1.54) is 0 Å². The molecule has 0 radical (unpaired) electrons. The quantitative estimate of drug-likeness (QED) is 0.458. The molecule has 1 amide bonds.